The summed E-state index contributed by atoms with van der Waals surface area (Å²) in [5.41, 5.74) is 2.14. The Bertz CT molecular complexity index is 401. The maximum Gasteiger partial charge on any atom is 0.338 e. The number of rotatable bonds is 2. The van der Waals surface area contributed by atoms with Crippen molar-refractivity contribution < 1.29 is 9.90 Å². The lowest BCUT2D eigenvalue weighted by molar-refractivity contribution is 0.0696. The molecule has 0 spiro atoms. The van der Waals surface area contributed by atoms with Crippen LogP contribution in [0.1, 0.15) is 29.3 Å². The number of hydrogen-bond acceptors (Lipinski definition) is 2. The molecule has 1 aliphatic heterocycles. The van der Waals surface area contributed by atoms with E-state index in [0.29, 0.717) is 11.6 Å². The van der Waals surface area contributed by atoms with Crippen LogP contribution < -0.4 is 4.90 Å². The second-order valence-corrected chi connectivity index (χ2v) is 4.11. The predicted octanol–water partition coefficient (Wildman–Crippen LogP) is 2.29. The van der Waals surface area contributed by atoms with Crippen molar-refractivity contribution in [2.75, 3.05) is 11.4 Å². The molecular formula is C12H15NO2. The summed E-state index contributed by atoms with van der Waals surface area (Å²) in [6.07, 6.45) is 1.15. The highest BCUT2D eigenvalue weighted by molar-refractivity contribution is 5.96. The molecule has 0 bridgehead atoms. The molecule has 0 saturated carbocycles. The van der Waals surface area contributed by atoms with Gasteiger partial charge in [0.15, 0.2) is 0 Å². The molecule has 1 N–H and O–H groups in total. The van der Waals surface area contributed by atoms with Crippen LogP contribution in [0, 0.1) is 6.92 Å². The van der Waals surface area contributed by atoms with Crippen LogP contribution in [0.5, 0.6) is 0 Å². The summed E-state index contributed by atoms with van der Waals surface area (Å²) in [7, 11) is 0. The number of carbonyl (C=O) groups is 1. The van der Waals surface area contributed by atoms with Crippen molar-refractivity contribution in [2.24, 2.45) is 0 Å². The van der Waals surface area contributed by atoms with Gasteiger partial charge >= 0.3 is 5.97 Å². The Morgan fingerprint density at radius 3 is 2.73 bits per heavy atom. The van der Waals surface area contributed by atoms with Gasteiger partial charge in [-0.25, -0.2) is 4.79 Å². The molecule has 0 amide bonds. The van der Waals surface area contributed by atoms with E-state index in [1.165, 1.54) is 0 Å². The van der Waals surface area contributed by atoms with Crippen molar-refractivity contribution in [3.63, 3.8) is 0 Å². The molecule has 1 unspecified atom stereocenters. The minimum absolute atomic E-state index is 0.448. The van der Waals surface area contributed by atoms with Crippen molar-refractivity contribution in [3.05, 3.63) is 29.3 Å². The summed E-state index contributed by atoms with van der Waals surface area (Å²) in [6, 6.07) is 6.12. The highest BCUT2D eigenvalue weighted by Crippen LogP contribution is 2.30. The third kappa shape index (κ3) is 1.58. The van der Waals surface area contributed by atoms with Crippen LogP contribution >= 0.6 is 0 Å². The second kappa shape index (κ2) is 3.57. The SMILES string of the molecule is Cc1cccc(N2CCC2C)c1C(=O)O. The minimum Gasteiger partial charge on any atom is -0.478 e. The van der Waals surface area contributed by atoms with Crippen LogP contribution in [0.3, 0.4) is 0 Å². The van der Waals surface area contributed by atoms with E-state index >= 15 is 0 Å². The molecule has 1 saturated heterocycles. The molecule has 0 aliphatic carbocycles. The molecule has 1 fully saturated rings. The predicted molar refractivity (Wildman–Crippen MR) is 59.6 cm³/mol. The molecule has 0 radical (unpaired) electrons. The maximum absolute atomic E-state index is 11.2. The first-order valence-corrected chi connectivity index (χ1v) is 5.21. The Labute approximate surface area is 89.3 Å². The standard InChI is InChI=1S/C12H15NO2/c1-8-4-3-5-10(11(8)12(14)15)13-7-6-9(13)2/h3-5,9H,6-7H2,1-2H3,(H,14,15). The molecule has 3 nitrogen and oxygen atoms in total. The number of aryl methyl sites for hydroxylation is 1. The molecule has 80 valence electrons. The summed E-state index contributed by atoms with van der Waals surface area (Å²) in [5, 5.41) is 9.17. The summed E-state index contributed by atoms with van der Waals surface area (Å²) < 4.78 is 0. The van der Waals surface area contributed by atoms with Gasteiger partial charge in [-0.05, 0) is 31.9 Å². The van der Waals surface area contributed by atoms with E-state index in [9.17, 15) is 9.90 Å². The molecule has 1 aromatic carbocycles. The molecule has 2 rings (SSSR count). The van der Waals surface area contributed by atoms with E-state index in [4.69, 9.17) is 0 Å². The normalized spacial score (nSPS) is 19.9. The largest absolute Gasteiger partial charge is 0.478 e. The summed E-state index contributed by atoms with van der Waals surface area (Å²) in [6.45, 7) is 4.93. The Hall–Kier alpha value is -1.51. The van der Waals surface area contributed by atoms with Gasteiger partial charge in [0.2, 0.25) is 0 Å². The molecule has 1 atom stereocenters. The minimum atomic E-state index is -0.831. The fourth-order valence-corrected chi connectivity index (χ4v) is 2.04. The lowest BCUT2D eigenvalue weighted by atomic mass is 9.99. The monoisotopic (exact) mass is 205 g/mol. The molecular weight excluding hydrogens is 190 g/mol. The Kier molecular flexibility index (Phi) is 2.39. The number of carboxylic acids is 1. The van der Waals surface area contributed by atoms with Crippen LogP contribution in [-0.4, -0.2) is 23.7 Å². The van der Waals surface area contributed by atoms with Crippen LogP contribution in [0.25, 0.3) is 0 Å². The Morgan fingerprint density at radius 1 is 1.53 bits per heavy atom. The van der Waals surface area contributed by atoms with Crippen LogP contribution in [-0.2, 0) is 0 Å². The van der Waals surface area contributed by atoms with E-state index in [1.54, 1.807) is 0 Å². The van der Waals surface area contributed by atoms with Gasteiger partial charge in [-0.3, -0.25) is 0 Å². The highest BCUT2D eigenvalue weighted by Gasteiger charge is 2.27. The topological polar surface area (TPSA) is 40.5 Å². The fourth-order valence-electron chi connectivity index (χ4n) is 2.04. The van der Waals surface area contributed by atoms with Gasteiger partial charge in [0.05, 0.1) is 11.3 Å². The van der Waals surface area contributed by atoms with E-state index in [1.807, 2.05) is 25.1 Å². The number of anilines is 1. The Balaban J connectivity index is 2.46. The fraction of sp³-hybridized carbons (Fsp3) is 0.417. The van der Waals surface area contributed by atoms with Gasteiger partial charge in [-0.15, -0.1) is 0 Å². The highest BCUT2D eigenvalue weighted by atomic mass is 16.4. The molecule has 15 heavy (non-hydrogen) atoms. The zero-order valence-corrected chi connectivity index (χ0v) is 9.03. The lowest BCUT2D eigenvalue weighted by Crippen LogP contribution is -2.46. The number of benzene rings is 1. The summed E-state index contributed by atoms with van der Waals surface area (Å²) in [4.78, 5) is 13.3. The zero-order valence-electron chi connectivity index (χ0n) is 9.03. The first-order valence-electron chi connectivity index (χ1n) is 5.21. The Morgan fingerprint density at radius 2 is 2.27 bits per heavy atom. The van der Waals surface area contributed by atoms with Gasteiger partial charge in [0.25, 0.3) is 0 Å². The van der Waals surface area contributed by atoms with Crippen LogP contribution in [0.15, 0.2) is 18.2 Å². The number of aromatic carboxylic acids is 1. The molecule has 0 aromatic heterocycles. The van der Waals surface area contributed by atoms with Gasteiger partial charge in [-0.1, -0.05) is 12.1 Å². The van der Waals surface area contributed by atoms with Gasteiger partial charge < -0.3 is 10.0 Å². The molecule has 1 aliphatic rings. The average molecular weight is 205 g/mol. The molecule has 1 aromatic rings. The van der Waals surface area contributed by atoms with E-state index in [2.05, 4.69) is 11.8 Å². The van der Waals surface area contributed by atoms with Crippen molar-refractivity contribution in [3.8, 4) is 0 Å². The number of hydrogen-bond donors (Lipinski definition) is 1. The summed E-state index contributed by atoms with van der Waals surface area (Å²) >= 11 is 0. The first-order chi connectivity index (χ1) is 7.11. The average Bonchev–Trinajstić information content (AvgIpc) is 2.15. The quantitative estimate of drug-likeness (QED) is 0.805. The lowest BCUT2D eigenvalue weighted by Gasteiger charge is -2.41. The van der Waals surface area contributed by atoms with Crippen molar-refractivity contribution in [1.82, 2.24) is 0 Å². The summed E-state index contributed by atoms with van der Waals surface area (Å²) in [5.74, 6) is -0.831. The van der Waals surface area contributed by atoms with Crippen molar-refractivity contribution in [1.29, 1.82) is 0 Å². The van der Waals surface area contributed by atoms with Crippen LogP contribution in [0.4, 0.5) is 5.69 Å². The van der Waals surface area contributed by atoms with Crippen LogP contribution in [0.2, 0.25) is 0 Å². The molecule has 1 heterocycles. The maximum atomic E-state index is 11.2. The number of carboxylic acid groups (broad SMARTS) is 1. The van der Waals surface area contributed by atoms with Gasteiger partial charge in [0.1, 0.15) is 0 Å². The van der Waals surface area contributed by atoms with E-state index in [0.717, 1.165) is 24.2 Å². The van der Waals surface area contributed by atoms with Gasteiger partial charge in [0, 0.05) is 12.6 Å². The third-order valence-corrected chi connectivity index (χ3v) is 3.09. The van der Waals surface area contributed by atoms with Gasteiger partial charge in [-0.2, -0.15) is 0 Å². The third-order valence-electron chi connectivity index (χ3n) is 3.09. The molecule has 3 heteroatoms. The van der Waals surface area contributed by atoms with E-state index < -0.39 is 5.97 Å². The zero-order chi connectivity index (χ0) is 11.0. The van der Waals surface area contributed by atoms with E-state index in [-0.39, 0.29) is 0 Å². The van der Waals surface area contributed by atoms with Crippen molar-refractivity contribution >= 4 is 11.7 Å². The van der Waals surface area contributed by atoms with Crippen molar-refractivity contribution in [2.45, 2.75) is 26.3 Å². The first kappa shape index (κ1) is 10.0. The smallest absolute Gasteiger partial charge is 0.338 e. The second-order valence-electron chi connectivity index (χ2n) is 4.11. The number of nitrogens with zero attached hydrogens (tertiary/aromatic N) is 1.